The van der Waals surface area contributed by atoms with E-state index in [1.807, 2.05) is 35.2 Å². The zero-order chi connectivity index (χ0) is 20.9. The SMILES string of the molecule is COC1C(=O)N(c2cccc(F)c2)C12CCN(C(=O)C1(c3ccccc3)CC1)CC2. The van der Waals surface area contributed by atoms with Gasteiger partial charge >= 0.3 is 0 Å². The van der Waals surface area contributed by atoms with E-state index in [2.05, 4.69) is 0 Å². The molecule has 5 rings (SSSR count). The van der Waals surface area contributed by atoms with E-state index in [9.17, 15) is 14.0 Å². The number of benzene rings is 2. The van der Waals surface area contributed by atoms with Crippen molar-refractivity contribution in [3.8, 4) is 0 Å². The van der Waals surface area contributed by atoms with Crippen LogP contribution in [0.25, 0.3) is 0 Å². The number of likely N-dealkylation sites (tertiary alicyclic amines) is 1. The van der Waals surface area contributed by atoms with E-state index in [0.717, 1.165) is 18.4 Å². The largest absolute Gasteiger partial charge is 0.369 e. The minimum absolute atomic E-state index is 0.147. The van der Waals surface area contributed by atoms with Gasteiger partial charge in [-0.2, -0.15) is 0 Å². The number of piperidine rings is 1. The molecule has 0 bridgehead atoms. The van der Waals surface area contributed by atoms with Crippen LogP contribution in [0.4, 0.5) is 10.1 Å². The first kappa shape index (κ1) is 19.2. The van der Waals surface area contributed by atoms with Gasteiger partial charge < -0.3 is 14.5 Å². The molecule has 1 saturated carbocycles. The van der Waals surface area contributed by atoms with Crippen LogP contribution in [0.15, 0.2) is 54.6 Å². The first-order chi connectivity index (χ1) is 14.5. The number of β-lactam (4-membered cyclic amide) rings is 1. The fraction of sp³-hybridized carbons (Fsp3) is 0.417. The van der Waals surface area contributed by atoms with E-state index in [1.165, 1.54) is 12.1 Å². The molecule has 0 radical (unpaired) electrons. The van der Waals surface area contributed by atoms with Crippen molar-refractivity contribution in [1.82, 2.24) is 4.90 Å². The van der Waals surface area contributed by atoms with Crippen molar-refractivity contribution in [2.24, 2.45) is 0 Å². The number of hydrogen-bond acceptors (Lipinski definition) is 3. The third-order valence-corrected chi connectivity index (χ3v) is 7.08. The van der Waals surface area contributed by atoms with Crippen molar-refractivity contribution < 1.29 is 18.7 Å². The topological polar surface area (TPSA) is 49.9 Å². The summed E-state index contributed by atoms with van der Waals surface area (Å²) in [5.41, 5.74) is 0.727. The van der Waals surface area contributed by atoms with Crippen LogP contribution in [-0.2, 0) is 19.7 Å². The Morgan fingerprint density at radius 2 is 1.73 bits per heavy atom. The highest BCUT2D eigenvalue weighted by molar-refractivity contribution is 6.07. The van der Waals surface area contributed by atoms with E-state index in [4.69, 9.17) is 4.74 Å². The van der Waals surface area contributed by atoms with Crippen molar-refractivity contribution in [1.29, 1.82) is 0 Å². The van der Waals surface area contributed by atoms with E-state index < -0.39 is 11.6 Å². The van der Waals surface area contributed by atoms with Gasteiger partial charge in [-0.25, -0.2) is 4.39 Å². The highest BCUT2D eigenvalue weighted by atomic mass is 19.1. The van der Waals surface area contributed by atoms with Crippen LogP contribution in [0, 0.1) is 5.82 Å². The molecule has 156 valence electrons. The van der Waals surface area contributed by atoms with Gasteiger partial charge in [0, 0.05) is 25.9 Å². The number of carbonyl (C=O) groups excluding carboxylic acids is 2. The van der Waals surface area contributed by atoms with Gasteiger partial charge in [0.05, 0.1) is 11.0 Å². The van der Waals surface area contributed by atoms with Crippen LogP contribution < -0.4 is 4.90 Å². The summed E-state index contributed by atoms with van der Waals surface area (Å²) in [5, 5.41) is 0. The zero-order valence-electron chi connectivity index (χ0n) is 17.0. The van der Waals surface area contributed by atoms with Crippen molar-refractivity contribution in [2.45, 2.75) is 42.7 Å². The second kappa shape index (κ2) is 6.91. The lowest BCUT2D eigenvalue weighted by molar-refractivity contribution is -0.153. The molecule has 2 aliphatic heterocycles. The Morgan fingerprint density at radius 1 is 1.03 bits per heavy atom. The Kier molecular flexibility index (Phi) is 4.43. The van der Waals surface area contributed by atoms with Gasteiger partial charge in [0.25, 0.3) is 5.91 Å². The Morgan fingerprint density at radius 3 is 2.33 bits per heavy atom. The Bertz CT molecular complexity index is 981. The zero-order valence-corrected chi connectivity index (χ0v) is 17.0. The molecular formula is C24H25FN2O3. The average Bonchev–Trinajstić information content (AvgIpc) is 3.57. The summed E-state index contributed by atoms with van der Waals surface area (Å²) in [6, 6.07) is 16.1. The molecule has 1 unspecified atom stereocenters. The molecule has 3 fully saturated rings. The van der Waals surface area contributed by atoms with Crippen LogP contribution in [0.1, 0.15) is 31.2 Å². The highest BCUT2D eigenvalue weighted by Crippen LogP contribution is 2.51. The maximum atomic E-state index is 13.8. The maximum Gasteiger partial charge on any atom is 0.259 e. The number of anilines is 1. The first-order valence-corrected chi connectivity index (χ1v) is 10.5. The lowest BCUT2D eigenvalue weighted by atomic mass is 9.72. The monoisotopic (exact) mass is 408 g/mol. The molecule has 2 heterocycles. The normalized spacial score (nSPS) is 23.9. The molecular weight excluding hydrogens is 383 g/mol. The third-order valence-electron chi connectivity index (χ3n) is 7.08. The molecule has 6 heteroatoms. The van der Waals surface area contributed by atoms with E-state index >= 15 is 0 Å². The molecule has 2 aromatic carbocycles. The number of amides is 2. The second-order valence-corrected chi connectivity index (χ2v) is 8.61. The number of methoxy groups -OCH3 is 1. The van der Waals surface area contributed by atoms with Crippen LogP contribution in [0.5, 0.6) is 0 Å². The molecule has 5 nitrogen and oxygen atoms in total. The Balaban J connectivity index is 1.36. The minimum Gasteiger partial charge on any atom is -0.369 e. The van der Waals surface area contributed by atoms with Crippen molar-refractivity contribution in [3.05, 3.63) is 66.0 Å². The molecule has 3 aliphatic rings. The van der Waals surface area contributed by atoms with Crippen LogP contribution in [0.3, 0.4) is 0 Å². The number of halogens is 1. The summed E-state index contributed by atoms with van der Waals surface area (Å²) in [4.78, 5) is 29.7. The molecule has 1 atom stereocenters. The van der Waals surface area contributed by atoms with Gasteiger partial charge in [-0.1, -0.05) is 36.4 Å². The van der Waals surface area contributed by atoms with E-state index in [1.54, 1.807) is 24.1 Å². The fourth-order valence-electron chi connectivity index (χ4n) is 5.33. The number of ether oxygens (including phenoxy) is 1. The predicted octanol–water partition coefficient (Wildman–Crippen LogP) is 3.28. The molecule has 1 aliphatic carbocycles. The highest BCUT2D eigenvalue weighted by Gasteiger charge is 2.63. The molecule has 2 aromatic rings. The molecule has 30 heavy (non-hydrogen) atoms. The number of rotatable bonds is 4. The maximum absolute atomic E-state index is 13.8. The lowest BCUT2D eigenvalue weighted by Gasteiger charge is -2.59. The molecule has 0 N–H and O–H groups in total. The summed E-state index contributed by atoms with van der Waals surface area (Å²) >= 11 is 0. The van der Waals surface area contributed by atoms with Crippen LogP contribution in [-0.4, -0.2) is 48.6 Å². The second-order valence-electron chi connectivity index (χ2n) is 8.61. The van der Waals surface area contributed by atoms with Crippen molar-refractivity contribution in [2.75, 3.05) is 25.1 Å². The minimum atomic E-state index is -0.554. The average molecular weight is 408 g/mol. The fourth-order valence-corrected chi connectivity index (χ4v) is 5.33. The van der Waals surface area contributed by atoms with Gasteiger partial charge in [-0.05, 0) is 49.4 Å². The first-order valence-electron chi connectivity index (χ1n) is 10.5. The van der Waals surface area contributed by atoms with Gasteiger partial charge in [0.1, 0.15) is 5.82 Å². The molecule has 2 saturated heterocycles. The van der Waals surface area contributed by atoms with Crippen molar-refractivity contribution >= 4 is 17.5 Å². The van der Waals surface area contributed by atoms with E-state index in [0.29, 0.717) is 31.6 Å². The van der Waals surface area contributed by atoms with Gasteiger partial charge in [-0.3, -0.25) is 9.59 Å². The van der Waals surface area contributed by atoms with Crippen LogP contribution >= 0.6 is 0 Å². The summed E-state index contributed by atoms with van der Waals surface area (Å²) in [6.45, 7) is 1.12. The molecule has 2 amide bonds. The number of hydrogen-bond donors (Lipinski definition) is 0. The predicted molar refractivity (Wildman–Crippen MR) is 111 cm³/mol. The Hall–Kier alpha value is -2.73. The van der Waals surface area contributed by atoms with Gasteiger partial charge in [-0.15, -0.1) is 0 Å². The van der Waals surface area contributed by atoms with Gasteiger partial charge in [0.2, 0.25) is 5.91 Å². The summed E-state index contributed by atoms with van der Waals surface area (Å²) < 4.78 is 19.3. The third kappa shape index (κ3) is 2.70. The molecule has 0 aromatic heterocycles. The summed E-state index contributed by atoms with van der Waals surface area (Å²) in [5.74, 6) is -0.339. The summed E-state index contributed by atoms with van der Waals surface area (Å²) in [6.07, 6.45) is 2.44. The standard InChI is InChI=1S/C24H25FN2O3/c1-30-20-21(28)27(19-9-5-8-18(25)16-19)24(20)12-14-26(15-13-24)22(29)23(10-11-23)17-6-3-2-4-7-17/h2-9,16,20H,10-15H2,1H3. The Labute approximate surface area is 175 Å². The smallest absolute Gasteiger partial charge is 0.259 e. The quantitative estimate of drug-likeness (QED) is 0.730. The van der Waals surface area contributed by atoms with Crippen molar-refractivity contribution in [3.63, 3.8) is 0 Å². The lowest BCUT2D eigenvalue weighted by Crippen LogP contribution is -2.78. The van der Waals surface area contributed by atoms with E-state index in [-0.39, 0.29) is 23.0 Å². The molecule has 1 spiro atoms. The van der Waals surface area contributed by atoms with Crippen LogP contribution in [0.2, 0.25) is 0 Å². The number of carbonyl (C=O) groups is 2. The number of nitrogens with zero attached hydrogens (tertiary/aromatic N) is 2. The summed E-state index contributed by atoms with van der Waals surface area (Å²) in [7, 11) is 1.54. The van der Waals surface area contributed by atoms with Gasteiger partial charge in [0.15, 0.2) is 6.10 Å².